The Morgan fingerprint density at radius 1 is 1.39 bits per heavy atom. The summed E-state index contributed by atoms with van der Waals surface area (Å²) in [6, 6.07) is 8.35. The fourth-order valence-corrected chi connectivity index (χ4v) is 2.09. The van der Waals surface area contributed by atoms with Gasteiger partial charge in [-0.05, 0) is 30.3 Å². The highest BCUT2D eigenvalue weighted by Crippen LogP contribution is 2.21. The third-order valence-electron chi connectivity index (χ3n) is 2.19. The minimum atomic E-state index is -0.294. The number of rotatable bonds is 2. The molecule has 0 fully saturated rings. The van der Waals surface area contributed by atoms with E-state index in [9.17, 15) is 4.79 Å². The van der Waals surface area contributed by atoms with Crippen molar-refractivity contribution in [1.82, 2.24) is 4.98 Å². The molecule has 0 atom stereocenters. The molecule has 1 aromatic carbocycles. The number of pyridine rings is 1. The number of nitrogens with one attached hydrogen (secondary N) is 1. The van der Waals surface area contributed by atoms with Crippen LogP contribution in [0, 0.1) is 0 Å². The fourth-order valence-electron chi connectivity index (χ4n) is 1.42. The third kappa shape index (κ3) is 3.00. The summed E-state index contributed by atoms with van der Waals surface area (Å²) in [5.74, 6) is -0.294. The first-order valence-corrected chi connectivity index (χ1v) is 6.21. The molecule has 92 valence electrons. The number of nitrogens with zero attached hydrogens (tertiary/aromatic N) is 1. The van der Waals surface area contributed by atoms with Crippen molar-refractivity contribution >= 4 is 44.8 Å². The molecule has 0 aliphatic heterocycles. The normalized spacial score (nSPS) is 10.1. The van der Waals surface area contributed by atoms with Crippen LogP contribution < -0.4 is 11.1 Å². The lowest BCUT2D eigenvalue weighted by Gasteiger charge is -2.07. The van der Waals surface area contributed by atoms with E-state index in [1.54, 1.807) is 36.5 Å². The molecule has 0 saturated carbocycles. The Morgan fingerprint density at radius 3 is 2.83 bits per heavy atom. The number of carbonyl (C=O) groups excluding carboxylic acids is 1. The molecule has 18 heavy (non-hydrogen) atoms. The molecule has 1 amide bonds. The van der Waals surface area contributed by atoms with Gasteiger partial charge in [-0.2, -0.15) is 0 Å². The van der Waals surface area contributed by atoms with Gasteiger partial charge in [0.05, 0.1) is 5.69 Å². The van der Waals surface area contributed by atoms with Crippen molar-refractivity contribution in [3.8, 4) is 0 Å². The van der Waals surface area contributed by atoms with E-state index in [4.69, 9.17) is 17.3 Å². The van der Waals surface area contributed by atoms with Crippen LogP contribution in [0.25, 0.3) is 0 Å². The number of aromatic nitrogens is 1. The molecule has 0 bridgehead atoms. The quantitative estimate of drug-likeness (QED) is 0.657. The molecule has 2 rings (SSSR count). The number of hydrogen-bond acceptors (Lipinski definition) is 3. The molecule has 4 nitrogen and oxygen atoms in total. The molecule has 0 aliphatic carbocycles. The second-order valence-corrected chi connectivity index (χ2v) is 4.84. The third-order valence-corrected chi connectivity index (χ3v) is 2.95. The van der Waals surface area contributed by atoms with Crippen LogP contribution in [0.2, 0.25) is 5.15 Å². The van der Waals surface area contributed by atoms with Gasteiger partial charge in [-0.15, -0.1) is 0 Å². The fraction of sp³-hybridized carbons (Fsp3) is 0. The zero-order valence-corrected chi connectivity index (χ0v) is 11.5. The van der Waals surface area contributed by atoms with E-state index in [0.29, 0.717) is 16.9 Å². The summed E-state index contributed by atoms with van der Waals surface area (Å²) < 4.78 is 0.741. The molecule has 1 aromatic heterocycles. The Labute approximate surface area is 117 Å². The number of amides is 1. The second-order valence-electron chi connectivity index (χ2n) is 3.57. The summed E-state index contributed by atoms with van der Waals surface area (Å²) in [6.07, 6.45) is 1.55. The maximum absolute atomic E-state index is 12.0. The minimum absolute atomic E-state index is 0.244. The first-order valence-electron chi connectivity index (χ1n) is 5.04. The SMILES string of the molecule is Nc1cc(Br)cc(C(=O)Nc2cccnc2Cl)c1. The number of nitrogens with two attached hydrogens (primary N) is 1. The lowest BCUT2D eigenvalue weighted by molar-refractivity contribution is 0.102. The van der Waals surface area contributed by atoms with Crippen LogP contribution in [0.5, 0.6) is 0 Å². The van der Waals surface area contributed by atoms with Gasteiger partial charge in [-0.1, -0.05) is 27.5 Å². The number of anilines is 2. The van der Waals surface area contributed by atoms with Crippen LogP contribution in [0.3, 0.4) is 0 Å². The molecular weight excluding hydrogens is 318 g/mol. The van der Waals surface area contributed by atoms with E-state index in [1.165, 1.54) is 0 Å². The lowest BCUT2D eigenvalue weighted by Crippen LogP contribution is -2.12. The summed E-state index contributed by atoms with van der Waals surface area (Å²) in [6.45, 7) is 0. The average Bonchev–Trinajstić information content (AvgIpc) is 2.31. The number of carbonyl (C=O) groups is 1. The zero-order valence-electron chi connectivity index (χ0n) is 9.15. The topological polar surface area (TPSA) is 68.0 Å². The summed E-state index contributed by atoms with van der Waals surface area (Å²) in [5, 5.41) is 2.92. The van der Waals surface area contributed by atoms with Crippen molar-refractivity contribution in [2.24, 2.45) is 0 Å². The highest BCUT2D eigenvalue weighted by atomic mass is 79.9. The minimum Gasteiger partial charge on any atom is -0.399 e. The summed E-state index contributed by atoms with van der Waals surface area (Å²) >= 11 is 9.14. The standard InChI is InChI=1S/C12H9BrClN3O/c13-8-4-7(5-9(15)6-8)12(18)17-10-2-1-3-16-11(10)14/h1-6H,15H2,(H,17,18). The van der Waals surface area contributed by atoms with Crippen LogP contribution in [0.4, 0.5) is 11.4 Å². The highest BCUT2D eigenvalue weighted by molar-refractivity contribution is 9.10. The van der Waals surface area contributed by atoms with Crippen molar-refractivity contribution in [2.75, 3.05) is 11.1 Å². The Bertz CT molecular complexity index is 583. The Morgan fingerprint density at radius 2 is 2.17 bits per heavy atom. The van der Waals surface area contributed by atoms with Crippen LogP contribution in [0.1, 0.15) is 10.4 Å². The van der Waals surface area contributed by atoms with Gasteiger partial charge in [0.1, 0.15) is 0 Å². The lowest BCUT2D eigenvalue weighted by atomic mass is 10.2. The number of halogens is 2. The molecule has 2 aromatic rings. The summed E-state index contributed by atoms with van der Waals surface area (Å²) in [5.41, 5.74) is 7.09. The first-order chi connectivity index (χ1) is 8.56. The van der Waals surface area contributed by atoms with Gasteiger partial charge in [0.15, 0.2) is 5.15 Å². The van der Waals surface area contributed by atoms with Crippen molar-refractivity contribution in [3.63, 3.8) is 0 Å². The molecule has 0 aliphatic rings. The van der Waals surface area contributed by atoms with Crippen molar-refractivity contribution < 1.29 is 4.79 Å². The van der Waals surface area contributed by atoms with Crippen LogP contribution >= 0.6 is 27.5 Å². The zero-order chi connectivity index (χ0) is 13.1. The Balaban J connectivity index is 2.25. The Kier molecular flexibility index (Phi) is 3.84. The molecule has 6 heteroatoms. The first kappa shape index (κ1) is 12.9. The molecule has 0 radical (unpaired) electrons. The van der Waals surface area contributed by atoms with Gasteiger partial charge in [-0.3, -0.25) is 4.79 Å². The average molecular weight is 327 g/mol. The largest absolute Gasteiger partial charge is 0.399 e. The van der Waals surface area contributed by atoms with E-state index in [-0.39, 0.29) is 11.1 Å². The highest BCUT2D eigenvalue weighted by Gasteiger charge is 2.10. The van der Waals surface area contributed by atoms with Gasteiger partial charge in [0.25, 0.3) is 5.91 Å². The van der Waals surface area contributed by atoms with Crippen molar-refractivity contribution in [2.45, 2.75) is 0 Å². The molecule has 1 heterocycles. The molecule has 0 saturated heterocycles. The smallest absolute Gasteiger partial charge is 0.255 e. The number of hydrogen-bond donors (Lipinski definition) is 2. The second kappa shape index (κ2) is 5.37. The van der Waals surface area contributed by atoms with Crippen LogP contribution in [-0.2, 0) is 0 Å². The number of nitrogen functional groups attached to an aromatic ring is 1. The predicted molar refractivity (Wildman–Crippen MR) is 75.8 cm³/mol. The molecule has 3 N–H and O–H groups in total. The monoisotopic (exact) mass is 325 g/mol. The van der Waals surface area contributed by atoms with E-state index < -0.39 is 0 Å². The Hall–Kier alpha value is -1.59. The summed E-state index contributed by atoms with van der Waals surface area (Å²) in [7, 11) is 0. The molecule has 0 spiro atoms. The van der Waals surface area contributed by atoms with Gasteiger partial charge in [0, 0.05) is 21.9 Å². The predicted octanol–water partition coefficient (Wildman–Crippen LogP) is 3.33. The molecule has 0 unspecified atom stereocenters. The number of benzene rings is 1. The van der Waals surface area contributed by atoms with Crippen molar-refractivity contribution in [3.05, 3.63) is 51.7 Å². The van der Waals surface area contributed by atoms with Crippen LogP contribution in [-0.4, -0.2) is 10.9 Å². The van der Waals surface area contributed by atoms with E-state index >= 15 is 0 Å². The van der Waals surface area contributed by atoms with Crippen molar-refractivity contribution in [1.29, 1.82) is 0 Å². The van der Waals surface area contributed by atoms with Gasteiger partial charge >= 0.3 is 0 Å². The maximum atomic E-state index is 12.0. The van der Waals surface area contributed by atoms with Gasteiger partial charge < -0.3 is 11.1 Å². The molecular formula is C12H9BrClN3O. The summed E-state index contributed by atoms with van der Waals surface area (Å²) in [4.78, 5) is 15.9. The van der Waals surface area contributed by atoms with E-state index in [2.05, 4.69) is 26.2 Å². The van der Waals surface area contributed by atoms with Gasteiger partial charge in [-0.25, -0.2) is 4.98 Å². The van der Waals surface area contributed by atoms with E-state index in [0.717, 1.165) is 4.47 Å². The van der Waals surface area contributed by atoms with Gasteiger partial charge in [0.2, 0.25) is 0 Å². The maximum Gasteiger partial charge on any atom is 0.255 e. The van der Waals surface area contributed by atoms with Crippen LogP contribution in [0.15, 0.2) is 41.0 Å². The van der Waals surface area contributed by atoms with E-state index in [1.807, 2.05) is 0 Å².